The smallest absolute Gasteiger partial charge is 0.129 e. The largest absolute Gasteiger partial charge is 0.307 e. The molecule has 0 amide bonds. The van der Waals surface area contributed by atoms with Crippen LogP contribution in [0.2, 0.25) is 0 Å². The van der Waals surface area contributed by atoms with E-state index in [1.54, 1.807) is 0 Å². The van der Waals surface area contributed by atoms with Gasteiger partial charge in [0.2, 0.25) is 0 Å². The van der Waals surface area contributed by atoms with E-state index in [-0.39, 0.29) is 11.9 Å². The average Bonchev–Trinajstić information content (AvgIpc) is 2.99. The van der Waals surface area contributed by atoms with Crippen LogP contribution in [0.1, 0.15) is 38.3 Å². The lowest BCUT2D eigenvalue weighted by Gasteiger charge is -2.20. The summed E-state index contributed by atoms with van der Waals surface area (Å²) in [5.41, 5.74) is 0.746. The van der Waals surface area contributed by atoms with Crippen LogP contribution in [0.3, 0.4) is 0 Å². The molecule has 0 bridgehead atoms. The van der Waals surface area contributed by atoms with E-state index in [2.05, 4.69) is 28.2 Å². The quantitative estimate of drug-likeness (QED) is 0.881. The Bertz CT molecular complexity index is 376. The Hall–Kier alpha value is -0.410. The van der Waals surface area contributed by atoms with Crippen LogP contribution in [-0.2, 0) is 0 Å². The molecule has 1 nitrogen and oxygen atoms in total. The normalized spacial score (nSPS) is 19.5. The Balaban J connectivity index is 2.04. The molecular formula is C13H17BrFN. The Labute approximate surface area is 105 Å². The lowest BCUT2D eigenvalue weighted by atomic mass is 10.1. The molecule has 0 aliphatic heterocycles. The first kappa shape index (κ1) is 12.1. The molecule has 0 heterocycles. The number of halogens is 2. The third-order valence-electron chi connectivity index (χ3n) is 3.27. The molecule has 2 unspecified atom stereocenters. The lowest BCUT2D eigenvalue weighted by Crippen LogP contribution is -2.31. The lowest BCUT2D eigenvalue weighted by molar-refractivity contribution is 0.430. The molecule has 1 aliphatic carbocycles. The SMILES string of the molecule is CC(NC(C)C1CC1)c1ccc(Br)cc1F. The van der Waals surface area contributed by atoms with Gasteiger partial charge in [-0.25, -0.2) is 4.39 Å². The summed E-state index contributed by atoms with van der Waals surface area (Å²) in [6.45, 7) is 4.20. The van der Waals surface area contributed by atoms with Gasteiger partial charge in [-0.3, -0.25) is 0 Å². The summed E-state index contributed by atoms with van der Waals surface area (Å²) in [6.07, 6.45) is 2.62. The van der Waals surface area contributed by atoms with Crippen molar-refractivity contribution in [3.63, 3.8) is 0 Å². The minimum absolute atomic E-state index is 0.0729. The molecule has 16 heavy (non-hydrogen) atoms. The van der Waals surface area contributed by atoms with E-state index in [1.165, 1.54) is 18.9 Å². The second-order valence-corrected chi connectivity index (χ2v) is 5.60. The maximum absolute atomic E-state index is 13.7. The standard InChI is InChI=1S/C13H17BrFN/c1-8(10-3-4-10)16-9(2)12-6-5-11(14)7-13(12)15/h5-10,16H,3-4H2,1-2H3. The zero-order valence-corrected chi connectivity index (χ0v) is 11.2. The molecule has 1 aromatic carbocycles. The number of hydrogen-bond donors (Lipinski definition) is 1. The molecule has 2 rings (SSSR count). The van der Waals surface area contributed by atoms with E-state index in [9.17, 15) is 4.39 Å². The van der Waals surface area contributed by atoms with Crippen molar-refractivity contribution in [1.29, 1.82) is 0 Å². The fourth-order valence-electron chi connectivity index (χ4n) is 2.07. The summed E-state index contributed by atoms with van der Waals surface area (Å²) in [7, 11) is 0. The zero-order chi connectivity index (χ0) is 11.7. The third kappa shape index (κ3) is 2.83. The highest BCUT2D eigenvalue weighted by molar-refractivity contribution is 9.10. The van der Waals surface area contributed by atoms with Gasteiger partial charge >= 0.3 is 0 Å². The van der Waals surface area contributed by atoms with Gasteiger partial charge < -0.3 is 5.32 Å². The van der Waals surface area contributed by atoms with Gasteiger partial charge in [0.1, 0.15) is 5.82 Å². The molecule has 1 saturated carbocycles. The van der Waals surface area contributed by atoms with Gasteiger partial charge in [-0.05, 0) is 44.7 Å². The Morgan fingerprint density at radius 2 is 2.06 bits per heavy atom. The van der Waals surface area contributed by atoms with Crippen LogP contribution in [0.4, 0.5) is 4.39 Å². The minimum Gasteiger partial charge on any atom is -0.307 e. The number of hydrogen-bond acceptors (Lipinski definition) is 1. The molecule has 88 valence electrons. The molecule has 1 aromatic rings. The van der Waals surface area contributed by atoms with Crippen molar-refractivity contribution in [2.45, 2.75) is 38.8 Å². The van der Waals surface area contributed by atoms with Crippen molar-refractivity contribution in [3.8, 4) is 0 Å². The number of benzene rings is 1. The van der Waals surface area contributed by atoms with E-state index >= 15 is 0 Å². The van der Waals surface area contributed by atoms with Gasteiger partial charge in [0.05, 0.1) is 0 Å². The molecule has 1 fully saturated rings. The highest BCUT2D eigenvalue weighted by Gasteiger charge is 2.29. The summed E-state index contributed by atoms with van der Waals surface area (Å²) in [5, 5.41) is 3.46. The molecule has 0 aromatic heterocycles. The van der Waals surface area contributed by atoms with E-state index in [0.29, 0.717) is 6.04 Å². The molecule has 3 heteroatoms. The van der Waals surface area contributed by atoms with Crippen LogP contribution in [0.25, 0.3) is 0 Å². The Morgan fingerprint density at radius 3 is 2.62 bits per heavy atom. The molecule has 1 N–H and O–H groups in total. The van der Waals surface area contributed by atoms with E-state index in [4.69, 9.17) is 0 Å². The van der Waals surface area contributed by atoms with Crippen LogP contribution >= 0.6 is 15.9 Å². The monoisotopic (exact) mass is 285 g/mol. The average molecular weight is 286 g/mol. The van der Waals surface area contributed by atoms with Crippen LogP contribution in [-0.4, -0.2) is 6.04 Å². The fraction of sp³-hybridized carbons (Fsp3) is 0.538. The van der Waals surface area contributed by atoms with Crippen molar-refractivity contribution >= 4 is 15.9 Å². The molecule has 2 atom stereocenters. The van der Waals surface area contributed by atoms with Crippen LogP contribution in [0.5, 0.6) is 0 Å². The first-order valence-corrected chi connectivity index (χ1v) is 6.58. The van der Waals surface area contributed by atoms with Gasteiger partial charge in [0, 0.05) is 22.1 Å². The summed E-state index contributed by atoms with van der Waals surface area (Å²) in [4.78, 5) is 0. The van der Waals surface area contributed by atoms with E-state index < -0.39 is 0 Å². The second-order valence-electron chi connectivity index (χ2n) is 4.68. The Kier molecular flexibility index (Phi) is 3.65. The van der Waals surface area contributed by atoms with Gasteiger partial charge in [-0.15, -0.1) is 0 Å². The maximum atomic E-state index is 13.7. The fourth-order valence-corrected chi connectivity index (χ4v) is 2.40. The predicted octanol–water partition coefficient (Wildman–Crippen LogP) is 4.04. The topological polar surface area (TPSA) is 12.0 Å². The number of nitrogens with one attached hydrogen (secondary N) is 1. The minimum atomic E-state index is -0.141. The zero-order valence-electron chi connectivity index (χ0n) is 9.63. The van der Waals surface area contributed by atoms with Crippen LogP contribution < -0.4 is 5.32 Å². The summed E-state index contributed by atoms with van der Waals surface area (Å²) in [5.74, 6) is 0.651. The molecule has 0 spiro atoms. The second kappa shape index (κ2) is 4.84. The van der Waals surface area contributed by atoms with Gasteiger partial charge in [0.15, 0.2) is 0 Å². The Morgan fingerprint density at radius 1 is 1.38 bits per heavy atom. The first-order chi connectivity index (χ1) is 7.58. The van der Waals surface area contributed by atoms with E-state index in [1.807, 2.05) is 19.1 Å². The highest BCUT2D eigenvalue weighted by atomic mass is 79.9. The van der Waals surface area contributed by atoms with Crippen molar-refractivity contribution in [1.82, 2.24) is 5.32 Å². The van der Waals surface area contributed by atoms with E-state index in [0.717, 1.165) is 16.0 Å². The molecule has 0 saturated heterocycles. The predicted molar refractivity (Wildman–Crippen MR) is 67.8 cm³/mol. The van der Waals surface area contributed by atoms with Crippen LogP contribution in [0.15, 0.2) is 22.7 Å². The van der Waals surface area contributed by atoms with Crippen molar-refractivity contribution in [3.05, 3.63) is 34.1 Å². The summed E-state index contributed by atoms with van der Waals surface area (Å²) in [6, 6.07) is 5.81. The van der Waals surface area contributed by atoms with Crippen molar-refractivity contribution in [2.24, 2.45) is 5.92 Å². The summed E-state index contributed by atoms with van der Waals surface area (Å²) < 4.78 is 14.5. The molecule has 1 aliphatic rings. The first-order valence-electron chi connectivity index (χ1n) is 5.79. The molecule has 0 radical (unpaired) electrons. The van der Waals surface area contributed by atoms with Crippen molar-refractivity contribution in [2.75, 3.05) is 0 Å². The molecular weight excluding hydrogens is 269 g/mol. The number of rotatable bonds is 4. The van der Waals surface area contributed by atoms with Crippen molar-refractivity contribution < 1.29 is 4.39 Å². The van der Waals surface area contributed by atoms with Gasteiger partial charge in [-0.2, -0.15) is 0 Å². The summed E-state index contributed by atoms with van der Waals surface area (Å²) >= 11 is 3.27. The third-order valence-corrected chi connectivity index (χ3v) is 3.76. The van der Waals surface area contributed by atoms with Gasteiger partial charge in [0.25, 0.3) is 0 Å². The highest BCUT2D eigenvalue weighted by Crippen LogP contribution is 2.33. The van der Waals surface area contributed by atoms with Crippen LogP contribution in [0, 0.1) is 11.7 Å². The van der Waals surface area contributed by atoms with Gasteiger partial charge in [-0.1, -0.05) is 22.0 Å². The maximum Gasteiger partial charge on any atom is 0.129 e.